The van der Waals surface area contributed by atoms with Crippen LogP contribution in [-0.2, 0) is 10.0 Å². The summed E-state index contributed by atoms with van der Waals surface area (Å²) in [6.07, 6.45) is 1.63. The lowest BCUT2D eigenvalue weighted by atomic mass is 10.2. The van der Waals surface area contributed by atoms with Crippen LogP contribution >= 0.6 is 11.6 Å². The maximum atomic E-state index is 12.9. The fourth-order valence-corrected chi connectivity index (χ4v) is 5.03. The first-order valence-corrected chi connectivity index (χ1v) is 11.5. The molecule has 0 radical (unpaired) electrons. The van der Waals surface area contributed by atoms with Gasteiger partial charge in [0.15, 0.2) is 0 Å². The standard InChI is InChI=1S/C24H21ClN2O3S/c1-15-8-9-23(16(2)10-15)31(28,29)27-19-11-17(3)24(21(25)13-19)30-20-12-18-6-4-5-7-22(18)26-14-20/h4-14,27H,1-3H3. The van der Waals surface area contributed by atoms with Crippen LogP contribution in [0.25, 0.3) is 10.9 Å². The number of aryl methyl sites for hydroxylation is 3. The van der Waals surface area contributed by atoms with Crippen LogP contribution < -0.4 is 9.46 Å². The van der Waals surface area contributed by atoms with E-state index in [9.17, 15) is 8.42 Å². The zero-order chi connectivity index (χ0) is 22.2. The number of nitrogens with zero attached hydrogens (tertiary/aromatic N) is 1. The van der Waals surface area contributed by atoms with E-state index in [1.54, 1.807) is 37.4 Å². The summed E-state index contributed by atoms with van der Waals surface area (Å²) in [6, 6.07) is 18.1. The molecule has 0 aliphatic rings. The zero-order valence-electron chi connectivity index (χ0n) is 17.3. The monoisotopic (exact) mass is 452 g/mol. The fraction of sp³-hybridized carbons (Fsp3) is 0.125. The highest BCUT2D eigenvalue weighted by atomic mass is 35.5. The summed E-state index contributed by atoms with van der Waals surface area (Å²) >= 11 is 6.45. The van der Waals surface area contributed by atoms with Crippen LogP contribution in [0.15, 0.2) is 71.8 Å². The summed E-state index contributed by atoms with van der Waals surface area (Å²) in [5, 5.41) is 1.25. The number of pyridine rings is 1. The van der Waals surface area contributed by atoms with Crippen molar-refractivity contribution in [2.75, 3.05) is 4.72 Å². The van der Waals surface area contributed by atoms with E-state index in [1.165, 1.54) is 0 Å². The highest BCUT2D eigenvalue weighted by Gasteiger charge is 2.19. The SMILES string of the molecule is Cc1ccc(S(=O)(=O)Nc2cc(C)c(Oc3cnc4ccccc4c3)c(Cl)c2)c(C)c1. The van der Waals surface area contributed by atoms with Gasteiger partial charge in [-0.3, -0.25) is 9.71 Å². The van der Waals surface area contributed by atoms with Gasteiger partial charge in [-0.2, -0.15) is 0 Å². The number of ether oxygens (including phenoxy) is 1. The first-order chi connectivity index (χ1) is 14.7. The van der Waals surface area contributed by atoms with Crippen molar-refractivity contribution >= 4 is 38.2 Å². The molecule has 0 saturated heterocycles. The fourth-order valence-electron chi connectivity index (χ4n) is 3.45. The van der Waals surface area contributed by atoms with Gasteiger partial charge >= 0.3 is 0 Å². The molecule has 1 N–H and O–H groups in total. The Morgan fingerprint density at radius 3 is 2.45 bits per heavy atom. The Bertz CT molecular complexity index is 1380. The lowest BCUT2D eigenvalue weighted by Gasteiger charge is -2.15. The number of benzene rings is 3. The van der Waals surface area contributed by atoms with Crippen molar-refractivity contribution in [3.8, 4) is 11.5 Å². The maximum Gasteiger partial charge on any atom is 0.262 e. The topological polar surface area (TPSA) is 68.3 Å². The van der Waals surface area contributed by atoms with Crippen molar-refractivity contribution in [3.05, 3.63) is 88.6 Å². The molecule has 0 aliphatic heterocycles. The number of hydrogen-bond acceptors (Lipinski definition) is 4. The second kappa shape index (κ2) is 8.21. The van der Waals surface area contributed by atoms with E-state index in [-0.39, 0.29) is 4.90 Å². The molecule has 0 atom stereocenters. The molecule has 4 aromatic rings. The molecule has 1 aromatic heterocycles. The minimum absolute atomic E-state index is 0.231. The minimum Gasteiger partial charge on any atom is -0.454 e. The van der Waals surface area contributed by atoms with Crippen molar-refractivity contribution in [3.63, 3.8) is 0 Å². The third kappa shape index (κ3) is 4.50. The van der Waals surface area contributed by atoms with Crippen LogP contribution in [0.5, 0.6) is 11.5 Å². The number of halogens is 1. The van der Waals surface area contributed by atoms with Crippen molar-refractivity contribution < 1.29 is 13.2 Å². The molecular weight excluding hydrogens is 432 g/mol. The third-order valence-corrected chi connectivity index (χ3v) is 6.71. The lowest BCUT2D eigenvalue weighted by Crippen LogP contribution is -2.14. The molecule has 0 aliphatic carbocycles. The highest BCUT2D eigenvalue weighted by Crippen LogP contribution is 2.36. The van der Waals surface area contributed by atoms with Gasteiger partial charge in [-0.15, -0.1) is 0 Å². The average molecular weight is 453 g/mol. The van der Waals surface area contributed by atoms with Gasteiger partial charge in [0.25, 0.3) is 10.0 Å². The van der Waals surface area contributed by atoms with Gasteiger partial charge in [-0.1, -0.05) is 47.5 Å². The average Bonchev–Trinajstić information content (AvgIpc) is 2.70. The Labute approximate surface area is 186 Å². The number of anilines is 1. The molecule has 0 spiro atoms. The van der Waals surface area contributed by atoms with Gasteiger partial charge < -0.3 is 4.74 Å². The molecule has 1 heterocycles. The van der Waals surface area contributed by atoms with Crippen molar-refractivity contribution in [1.82, 2.24) is 4.98 Å². The number of fused-ring (bicyclic) bond motifs is 1. The Morgan fingerprint density at radius 2 is 1.71 bits per heavy atom. The van der Waals surface area contributed by atoms with Crippen LogP contribution in [0.3, 0.4) is 0 Å². The maximum absolute atomic E-state index is 12.9. The van der Waals surface area contributed by atoms with E-state index in [1.807, 2.05) is 50.2 Å². The second-order valence-electron chi connectivity index (χ2n) is 7.44. The van der Waals surface area contributed by atoms with E-state index in [0.717, 1.165) is 16.5 Å². The molecular formula is C24H21ClN2O3S. The summed E-state index contributed by atoms with van der Waals surface area (Å²) in [4.78, 5) is 4.62. The van der Waals surface area contributed by atoms with Crippen molar-refractivity contribution in [2.45, 2.75) is 25.7 Å². The van der Waals surface area contributed by atoms with Gasteiger partial charge in [0.05, 0.1) is 27.3 Å². The Hall–Kier alpha value is -3.09. The van der Waals surface area contributed by atoms with Crippen molar-refractivity contribution in [1.29, 1.82) is 0 Å². The molecule has 158 valence electrons. The molecule has 7 heteroatoms. The first kappa shape index (κ1) is 21.2. The number of sulfonamides is 1. The number of nitrogens with one attached hydrogen (secondary N) is 1. The van der Waals surface area contributed by atoms with Crippen LogP contribution in [0, 0.1) is 20.8 Å². The van der Waals surface area contributed by atoms with Crippen molar-refractivity contribution in [2.24, 2.45) is 0 Å². The van der Waals surface area contributed by atoms with Gasteiger partial charge in [-0.25, -0.2) is 8.42 Å². The third-order valence-electron chi connectivity index (χ3n) is 4.89. The Balaban J connectivity index is 1.62. The molecule has 0 saturated carbocycles. The van der Waals surface area contributed by atoms with Crippen LogP contribution in [-0.4, -0.2) is 13.4 Å². The number of hydrogen-bond donors (Lipinski definition) is 1. The molecule has 0 amide bonds. The molecule has 0 fully saturated rings. The normalized spacial score (nSPS) is 11.5. The molecule has 0 unspecified atom stereocenters. The Morgan fingerprint density at radius 1 is 0.935 bits per heavy atom. The molecule has 0 bridgehead atoms. The Kier molecular flexibility index (Phi) is 5.60. The van der Waals surface area contributed by atoms with Gasteiger partial charge in [0, 0.05) is 5.39 Å². The predicted octanol–water partition coefficient (Wildman–Crippen LogP) is 6.41. The van der Waals surface area contributed by atoms with E-state index in [4.69, 9.17) is 16.3 Å². The molecule has 5 nitrogen and oxygen atoms in total. The predicted molar refractivity (Wildman–Crippen MR) is 125 cm³/mol. The summed E-state index contributed by atoms with van der Waals surface area (Å²) in [7, 11) is -3.75. The first-order valence-electron chi connectivity index (χ1n) is 9.66. The highest BCUT2D eigenvalue weighted by molar-refractivity contribution is 7.92. The van der Waals surface area contributed by atoms with E-state index < -0.39 is 10.0 Å². The van der Waals surface area contributed by atoms with Gasteiger partial charge in [0.2, 0.25) is 0 Å². The summed E-state index contributed by atoms with van der Waals surface area (Å²) in [5.74, 6) is 1.00. The van der Waals surface area contributed by atoms with Crippen LogP contribution in [0.2, 0.25) is 5.02 Å². The number of aromatic nitrogens is 1. The summed E-state index contributed by atoms with van der Waals surface area (Å²) in [5.41, 5.74) is 3.61. The van der Waals surface area contributed by atoms with Crippen LogP contribution in [0.1, 0.15) is 16.7 Å². The smallest absolute Gasteiger partial charge is 0.262 e. The molecule has 31 heavy (non-hydrogen) atoms. The van der Waals surface area contributed by atoms with E-state index in [2.05, 4.69) is 9.71 Å². The zero-order valence-corrected chi connectivity index (χ0v) is 18.9. The minimum atomic E-state index is -3.75. The van der Waals surface area contributed by atoms with Gasteiger partial charge in [0.1, 0.15) is 11.5 Å². The van der Waals surface area contributed by atoms with Gasteiger partial charge in [-0.05, 0) is 62.2 Å². The number of para-hydroxylation sites is 1. The van der Waals surface area contributed by atoms with E-state index >= 15 is 0 Å². The largest absolute Gasteiger partial charge is 0.454 e. The second-order valence-corrected chi connectivity index (χ2v) is 9.50. The lowest BCUT2D eigenvalue weighted by molar-refractivity contribution is 0.478. The number of rotatable bonds is 5. The summed E-state index contributed by atoms with van der Waals surface area (Å²) < 4.78 is 34.3. The van der Waals surface area contributed by atoms with Crippen LogP contribution in [0.4, 0.5) is 5.69 Å². The summed E-state index contributed by atoms with van der Waals surface area (Å²) in [6.45, 7) is 5.50. The molecule has 4 rings (SSSR count). The quantitative estimate of drug-likeness (QED) is 0.380. The molecule has 3 aromatic carbocycles. The van der Waals surface area contributed by atoms with E-state index in [0.29, 0.717) is 33.3 Å².